The molecule has 0 aliphatic heterocycles. The minimum Gasteiger partial charge on any atom is -0.493 e. The highest BCUT2D eigenvalue weighted by Crippen LogP contribution is 2.27. The van der Waals surface area contributed by atoms with E-state index in [1.165, 1.54) is 0 Å². The Morgan fingerprint density at radius 3 is 2.56 bits per heavy atom. The zero-order valence-electron chi connectivity index (χ0n) is 11.7. The fourth-order valence-electron chi connectivity index (χ4n) is 1.58. The smallest absolute Gasteiger partial charge is 0.161 e. The van der Waals surface area contributed by atoms with Crippen molar-refractivity contribution in [2.45, 2.75) is 26.5 Å². The van der Waals surface area contributed by atoms with Crippen molar-refractivity contribution in [2.24, 2.45) is 0 Å². The van der Waals surface area contributed by atoms with Gasteiger partial charge in [0.1, 0.15) is 6.61 Å². The van der Waals surface area contributed by atoms with Gasteiger partial charge in [-0.25, -0.2) is 0 Å². The van der Waals surface area contributed by atoms with Crippen molar-refractivity contribution in [2.75, 3.05) is 27.4 Å². The predicted octanol–water partition coefficient (Wildman–Crippen LogP) is 2.22. The van der Waals surface area contributed by atoms with E-state index in [0.717, 1.165) is 23.6 Å². The molecule has 0 heterocycles. The quantitative estimate of drug-likeness (QED) is 0.721. The van der Waals surface area contributed by atoms with E-state index >= 15 is 0 Å². The average Bonchev–Trinajstić information content (AvgIpc) is 2.35. The molecule has 1 aromatic carbocycles. The highest BCUT2D eigenvalue weighted by atomic mass is 16.5. The summed E-state index contributed by atoms with van der Waals surface area (Å²) in [7, 11) is 3.56. The normalized spacial score (nSPS) is 10.7. The van der Waals surface area contributed by atoms with E-state index in [-0.39, 0.29) is 6.10 Å². The average molecular weight is 253 g/mol. The highest BCUT2D eigenvalue weighted by molar-refractivity contribution is 5.42. The van der Waals surface area contributed by atoms with Crippen LogP contribution in [0.4, 0.5) is 0 Å². The minimum atomic E-state index is 0.228. The summed E-state index contributed by atoms with van der Waals surface area (Å²) in [5, 5.41) is 3.11. The summed E-state index contributed by atoms with van der Waals surface area (Å²) in [4.78, 5) is 0. The van der Waals surface area contributed by atoms with E-state index in [2.05, 4.69) is 5.32 Å². The lowest BCUT2D eigenvalue weighted by Crippen LogP contribution is -2.12. The zero-order valence-corrected chi connectivity index (χ0v) is 11.7. The van der Waals surface area contributed by atoms with E-state index in [0.29, 0.717) is 13.2 Å². The summed E-state index contributed by atoms with van der Waals surface area (Å²) in [5.41, 5.74) is 1.16. The summed E-state index contributed by atoms with van der Waals surface area (Å²) in [6.45, 7) is 5.93. The van der Waals surface area contributed by atoms with Gasteiger partial charge in [0, 0.05) is 6.54 Å². The SMILES string of the molecule is CNCc1ccc(OC)c(OCCOC(C)C)c1. The number of hydrogen-bond acceptors (Lipinski definition) is 4. The van der Waals surface area contributed by atoms with Crippen LogP contribution in [0.15, 0.2) is 18.2 Å². The standard InChI is InChI=1S/C14H23NO3/c1-11(2)17-7-8-18-14-9-12(10-15-3)5-6-13(14)16-4/h5-6,9,11,15H,7-8,10H2,1-4H3. The number of methoxy groups -OCH3 is 1. The molecule has 1 rings (SSSR count). The van der Waals surface area contributed by atoms with Crippen LogP contribution in [0.25, 0.3) is 0 Å². The second-order valence-electron chi connectivity index (χ2n) is 4.28. The van der Waals surface area contributed by atoms with E-state index < -0.39 is 0 Å². The van der Waals surface area contributed by atoms with Gasteiger partial charge in [-0.3, -0.25) is 0 Å². The maximum atomic E-state index is 5.69. The molecule has 0 spiro atoms. The molecule has 0 fully saturated rings. The van der Waals surface area contributed by atoms with Crippen molar-refractivity contribution < 1.29 is 14.2 Å². The lowest BCUT2D eigenvalue weighted by Gasteiger charge is -2.13. The van der Waals surface area contributed by atoms with E-state index in [1.54, 1.807) is 7.11 Å². The van der Waals surface area contributed by atoms with Crippen molar-refractivity contribution in [3.05, 3.63) is 23.8 Å². The van der Waals surface area contributed by atoms with E-state index in [9.17, 15) is 0 Å². The van der Waals surface area contributed by atoms with Crippen LogP contribution in [0.5, 0.6) is 11.5 Å². The van der Waals surface area contributed by atoms with Crippen LogP contribution < -0.4 is 14.8 Å². The number of ether oxygens (including phenoxy) is 3. The van der Waals surface area contributed by atoms with Crippen molar-refractivity contribution in [1.82, 2.24) is 5.32 Å². The first kappa shape index (κ1) is 14.8. The van der Waals surface area contributed by atoms with Gasteiger partial charge in [-0.2, -0.15) is 0 Å². The maximum Gasteiger partial charge on any atom is 0.161 e. The molecule has 0 unspecified atom stereocenters. The van der Waals surface area contributed by atoms with Crippen molar-refractivity contribution in [3.63, 3.8) is 0 Å². The molecule has 0 saturated heterocycles. The Morgan fingerprint density at radius 2 is 1.94 bits per heavy atom. The molecule has 0 aromatic heterocycles. The van der Waals surface area contributed by atoms with Crippen LogP contribution in [0.1, 0.15) is 19.4 Å². The summed E-state index contributed by atoms with van der Waals surface area (Å²) in [6, 6.07) is 5.93. The molecular formula is C14H23NO3. The van der Waals surface area contributed by atoms with Crippen LogP contribution in [0, 0.1) is 0 Å². The Balaban J connectivity index is 2.57. The Morgan fingerprint density at radius 1 is 1.17 bits per heavy atom. The molecule has 0 amide bonds. The Hall–Kier alpha value is -1.26. The van der Waals surface area contributed by atoms with Crippen LogP contribution in [0.2, 0.25) is 0 Å². The van der Waals surface area contributed by atoms with Crippen LogP contribution in [-0.4, -0.2) is 33.5 Å². The molecule has 4 heteroatoms. The summed E-state index contributed by atoms with van der Waals surface area (Å²) in [5.74, 6) is 1.51. The van der Waals surface area contributed by atoms with Gasteiger partial charge in [0.25, 0.3) is 0 Å². The number of nitrogens with one attached hydrogen (secondary N) is 1. The summed E-state index contributed by atoms with van der Waals surface area (Å²) < 4.78 is 16.4. The Kier molecular flexibility index (Phi) is 6.54. The maximum absolute atomic E-state index is 5.69. The monoisotopic (exact) mass is 253 g/mol. The largest absolute Gasteiger partial charge is 0.493 e. The lowest BCUT2D eigenvalue weighted by molar-refractivity contribution is 0.0546. The second-order valence-corrected chi connectivity index (χ2v) is 4.28. The molecule has 18 heavy (non-hydrogen) atoms. The first-order valence-electron chi connectivity index (χ1n) is 6.23. The molecule has 0 radical (unpaired) electrons. The van der Waals surface area contributed by atoms with Crippen molar-refractivity contribution in [3.8, 4) is 11.5 Å². The third kappa shape index (κ3) is 4.94. The van der Waals surface area contributed by atoms with E-state index in [4.69, 9.17) is 14.2 Å². The molecule has 4 nitrogen and oxygen atoms in total. The van der Waals surface area contributed by atoms with Gasteiger partial charge >= 0.3 is 0 Å². The van der Waals surface area contributed by atoms with Crippen LogP contribution >= 0.6 is 0 Å². The van der Waals surface area contributed by atoms with Crippen LogP contribution in [0.3, 0.4) is 0 Å². The van der Waals surface area contributed by atoms with Crippen molar-refractivity contribution >= 4 is 0 Å². The number of benzene rings is 1. The van der Waals surface area contributed by atoms with Crippen molar-refractivity contribution in [1.29, 1.82) is 0 Å². The molecule has 102 valence electrons. The predicted molar refractivity (Wildman–Crippen MR) is 72.3 cm³/mol. The van der Waals surface area contributed by atoms with Gasteiger partial charge in [-0.15, -0.1) is 0 Å². The van der Waals surface area contributed by atoms with Gasteiger partial charge in [-0.1, -0.05) is 6.07 Å². The Bertz CT molecular complexity index is 353. The van der Waals surface area contributed by atoms with Gasteiger partial charge in [0.05, 0.1) is 19.8 Å². The fraction of sp³-hybridized carbons (Fsp3) is 0.571. The first-order chi connectivity index (χ1) is 8.67. The minimum absolute atomic E-state index is 0.228. The van der Waals surface area contributed by atoms with Crippen LogP contribution in [-0.2, 0) is 11.3 Å². The second kappa shape index (κ2) is 7.95. The molecule has 1 N–H and O–H groups in total. The number of hydrogen-bond donors (Lipinski definition) is 1. The summed E-state index contributed by atoms with van der Waals surface area (Å²) >= 11 is 0. The number of rotatable bonds is 8. The lowest BCUT2D eigenvalue weighted by atomic mass is 10.2. The van der Waals surface area contributed by atoms with Gasteiger partial charge in [0.15, 0.2) is 11.5 Å². The first-order valence-corrected chi connectivity index (χ1v) is 6.23. The third-order valence-corrected chi connectivity index (χ3v) is 2.40. The summed E-state index contributed by atoms with van der Waals surface area (Å²) in [6.07, 6.45) is 0.228. The molecule has 1 aromatic rings. The third-order valence-electron chi connectivity index (χ3n) is 2.40. The van der Waals surface area contributed by atoms with Gasteiger partial charge in [0.2, 0.25) is 0 Å². The molecule has 0 aliphatic rings. The highest BCUT2D eigenvalue weighted by Gasteiger charge is 2.05. The zero-order chi connectivity index (χ0) is 13.4. The molecular weight excluding hydrogens is 230 g/mol. The molecule has 0 bridgehead atoms. The van der Waals surface area contributed by atoms with Gasteiger partial charge < -0.3 is 19.5 Å². The van der Waals surface area contributed by atoms with Gasteiger partial charge in [-0.05, 0) is 38.6 Å². The Labute approximate surface area is 109 Å². The molecule has 0 aliphatic carbocycles. The fourth-order valence-corrected chi connectivity index (χ4v) is 1.58. The van der Waals surface area contributed by atoms with E-state index in [1.807, 2.05) is 39.1 Å². The molecule has 0 atom stereocenters. The molecule has 0 saturated carbocycles. The topological polar surface area (TPSA) is 39.7 Å².